The van der Waals surface area contributed by atoms with Gasteiger partial charge in [0.2, 0.25) is 21.8 Å². The van der Waals surface area contributed by atoms with Gasteiger partial charge in [0.25, 0.3) is 0 Å². The summed E-state index contributed by atoms with van der Waals surface area (Å²) in [6.07, 6.45) is 1.32. The molecule has 0 heterocycles. The fourth-order valence-electron chi connectivity index (χ4n) is 3.43. The number of anilines is 1. The number of nitrogens with one attached hydrogen (secondary N) is 1. The molecule has 1 atom stereocenters. The molecular formula is C24H30Cl3N3O4S. The highest BCUT2D eigenvalue weighted by atomic mass is 35.5. The highest BCUT2D eigenvalue weighted by molar-refractivity contribution is 7.92. The van der Waals surface area contributed by atoms with E-state index in [-0.39, 0.29) is 18.1 Å². The van der Waals surface area contributed by atoms with Crippen LogP contribution in [-0.4, -0.2) is 49.5 Å². The van der Waals surface area contributed by atoms with E-state index in [0.717, 1.165) is 10.6 Å². The molecule has 0 bridgehead atoms. The molecular weight excluding hydrogens is 533 g/mol. The normalized spacial score (nSPS) is 12.7. The fourth-order valence-corrected chi connectivity index (χ4v) is 4.87. The van der Waals surface area contributed by atoms with Crippen molar-refractivity contribution in [2.75, 3.05) is 17.1 Å². The fraction of sp³-hybridized carbons (Fsp3) is 0.417. The first-order chi connectivity index (χ1) is 16.1. The summed E-state index contributed by atoms with van der Waals surface area (Å²) in [5.74, 6) is -0.914. The lowest BCUT2D eigenvalue weighted by Gasteiger charge is -2.34. The third-order valence-electron chi connectivity index (χ3n) is 5.03. The Balaban J connectivity index is 2.48. The molecule has 0 aliphatic carbocycles. The van der Waals surface area contributed by atoms with Gasteiger partial charge in [0.1, 0.15) is 12.6 Å². The van der Waals surface area contributed by atoms with Crippen molar-refractivity contribution in [2.24, 2.45) is 0 Å². The highest BCUT2D eigenvalue weighted by Crippen LogP contribution is 2.25. The SMILES string of the molecule is CCC(C(=O)NC(C)(C)C)N(Cc1ccc(Cl)cc1Cl)C(=O)CN(c1ccc(Cl)cc1)S(C)(=O)=O. The highest BCUT2D eigenvalue weighted by Gasteiger charge is 2.33. The first kappa shape index (κ1) is 29.2. The van der Waals surface area contributed by atoms with Gasteiger partial charge >= 0.3 is 0 Å². The molecule has 2 rings (SSSR count). The summed E-state index contributed by atoms with van der Waals surface area (Å²) in [6, 6.07) is 10.1. The molecule has 7 nitrogen and oxygen atoms in total. The standard InChI is InChI=1S/C24H30Cl3N3O4S/c1-6-21(23(32)28-24(2,3)4)29(14-16-7-8-18(26)13-20(16)27)22(31)15-30(35(5,33)34)19-11-9-17(25)10-12-19/h7-13,21H,6,14-15H2,1-5H3,(H,28,32). The van der Waals surface area contributed by atoms with Crippen LogP contribution in [0.1, 0.15) is 39.7 Å². The molecule has 11 heteroatoms. The molecule has 2 amide bonds. The third kappa shape index (κ3) is 8.56. The van der Waals surface area contributed by atoms with Crippen molar-refractivity contribution in [3.63, 3.8) is 0 Å². The number of halogens is 3. The zero-order chi connectivity index (χ0) is 26.6. The maximum atomic E-state index is 13.6. The Morgan fingerprint density at radius 2 is 1.57 bits per heavy atom. The minimum Gasteiger partial charge on any atom is -0.350 e. The Morgan fingerprint density at radius 1 is 1.00 bits per heavy atom. The topological polar surface area (TPSA) is 86.8 Å². The summed E-state index contributed by atoms with van der Waals surface area (Å²) in [4.78, 5) is 28.1. The Hall–Kier alpha value is -2.00. The van der Waals surface area contributed by atoms with Crippen LogP contribution < -0.4 is 9.62 Å². The van der Waals surface area contributed by atoms with Gasteiger partial charge in [-0.2, -0.15) is 0 Å². The molecule has 2 aromatic rings. The molecule has 0 radical (unpaired) electrons. The minimum atomic E-state index is -3.83. The van der Waals surface area contributed by atoms with Crippen LogP contribution in [0.5, 0.6) is 0 Å². The van der Waals surface area contributed by atoms with Gasteiger partial charge in [0, 0.05) is 27.2 Å². The molecule has 0 fully saturated rings. The minimum absolute atomic E-state index is 0.0108. The van der Waals surface area contributed by atoms with Gasteiger partial charge in [0.05, 0.1) is 11.9 Å². The van der Waals surface area contributed by atoms with E-state index in [4.69, 9.17) is 34.8 Å². The predicted molar refractivity (Wildman–Crippen MR) is 143 cm³/mol. The Bertz CT molecular complexity index is 1170. The van der Waals surface area contributed by atoms with Gasteiger partial charge in [-0.3, -0.25) is 13.9 Å². The Morgan fingerprint density at radius 3 is 2.06 bits per heavy atom. The molecule has 0 aromatic heterocycles. The van der Waals surface area contributed by atoms with E-state index >= 15 is 0 Å². The quantitative estimate of drug-likeness (QED) is 0.459. The molecule has 0 aliphatic heterocycles. The van der Waals surface area contributed by atoms with Gasteiger partial charge in [-0.1, -0.05) is 47.8 Å². The van der Waals surface area contributed by atoms with E-state index in [9.17, 15) is 18.0 Å². The van der Waals surface area contributed by atoms with Crippen LogP contribution in [0.4, 0.5) is 5.69 Å². The second-order valence-electron chi connectivity index (χ2n) is 9.17. The number of carbonyl (C=O) groups is 2. The summed E-state index contributed by atoms with van der Waals surface area (Å²) < 4.78 is 26.2. The number of sulfonamides is 1. The van der Waals surface area contributed by atoms with E-state index in [1.165, 1.54) is 29.2 Å². The van der Waals surface area contributed by atoms with Gasteiger partial charge in [-0.15, -0.1) is 0 Å². The van der Waals surface area contributed by atoms with E-state index in [1.54, 1.807) is 25.1 Å². The third-order valence-corrected chi connectivity index (χ3v) is 7.01. The summed E-state index contributed by atoms with van der Waals surface area (Å²) in [7, 11) is -3.83. The maximum absolute atomic E-state index is 13.6. The zero-order valence-electron chi connectivity index (χ0n) is 20.3. The lowest BCUT2D eigenvalue weighted by atomic mass is 10.1. The van der Waals surface area contributed by atoms with Crippen molar-refractivity contribution in [3.8, 4) is 0 Å². The largest absolute Gasteiger partial charge is 0.350 e. The van der Waals surface area contributed by atoms with Gasteiger partial charge in [-0.25, -0.2) is 8.42 Å². The van der Waals surface area contributed by atoms with Crippen LogP contribution >= 0.6 is 34.8 Å². The first-order valence-corrected chi connectivity index (χ1v) is 13.9. The molecule has 0 aliphatic rings. The van der Waals surface area contributed by atoms with Crippen molar-refractivity contribution < 1.29 is 18.0 Å². The molecule has 192 valence electrons. The van der Waals surface area contributed by atoms with Gasteiger partial charge < -0.3 is 10.2 Å². The maximum Gasteiger partial charge on any atom is 0.244 e. The lowest BCUT2D eigenvalue weighted by Crippen LogP contribution is -2.55. The van der Waals surface area contributed by atoms with Crippen LogP contribution in [0.3, 0.4) is 0 Å². The average Bonchev–Trinajstić information content (AvgIpc) is 2.72. The number of rotatable bonds is 9. The monoisotopic (exact) mass is 561 g/mol. The Kier molecular flexibility index (Phi) is 9.87. The van der Waals surface area contributed by atoms with E-state index in [1.807, 2.05) is 20.8 Å². The zero-order valence-corrected chi connectivity index (χ0v) is 23.4. The molecule has 0 spiro atoms. The summed E-state index contributed by atoms with van der Waals surface area (Å²) in [5, 5.41) is 4.09. The van der Waals surface area contributed by atoms with Crippen LogP contribution in [0.25, 0.3) is 0 Å². The van der Waals surface area contributed by atoms with Crippen molar-refractivity contribution in [2.45, 2.75) is 52.2 Å². The number of hydrogen-bond acceptors (Lipinski definition) is 4. The molecule has 35 heavy (non-hydrogen) atoms. The number of benzene rings is 2. The molecule has 2 aromatic carbocycles. The molecule has 0 saturated heterocycles. The van der Waals surface area contributed by atoms with Crippen molar-refractivity contribution in [3.05, 3.63) is 63.1 Å². The molecule has 1 unspecified atom stereocenters. The second kappa shape index (κ2) is 11.8. The lowest BCUT2D eigenvalue weighted by molar-refractivity contribution is -0.141. The van der Waals surface area contributed by atoms with E-state index in [0.29, 0.717) is 27.1 Å². The number of amides is 2. The van der Waals surface area contributed by atoms with Crippen LogP contribution in [-0.2, 0) is 26.2 Å². The number of carbonyl (C=O) groups excluding carboxylic acids is 2. The van der Waals surface area contributed by atoms with Crippen molar-refractivity contribution in [1.29, 1.82) is 0 Å². The number of nitrogens with zero attached hydrogens (tertiary/aromatic N) is 2. The van der Waals surface area contributed by atoms with Crippen molar-refractivity contribution >= 4 is 62.3 Å². The van der Waals surface area contributed by atoms with Crippen molar-refractivity contribution in [1.82, 2.24) is 10.2 Å². The summed E-state index contributed by atoms with van der Waals surface area (Å²) in [5.41, 5.74) is 0.324. The average molecular weight is 563 g/mol. The summed E-state index contributed by atoms with van der Waals surface area (Å²) in [6.45, 7) is 6.78. The van der Waals surface area contributed by atoms with Crippen LogP contribution in [0, 0.1) is 0 Å². The smallest absolute Gasteiger partial charge is 0.244 e. The van der Waals surface area contributed by atoms with Crippen LogP contribution in [0.2, 0.25) is 15.1 Å². The van der Waals surface area contributed by atoms with Crippen LogP contribution in [0.15, 0.2) is 42.5 Å². The second-order valence-corrected chi connectivity index (χ2v) is 12.4. The number of hydrogen-bond donors (Lipinski definition) is 1. The Labute approximate surface area is 222 Å². The summed E-state index contributed by atoms with van der Waals surface area (Å²) >= 11 is 18.3. The van der Waals surface area contributed by atoms with Gasteiger partial charge in [-0.05, 0) is 69.2 Å². The predicted octanol–water partition coefficient (Wildman–Crippen LogP) is 5.13. The van der Waals surface area contributed by atoms with E-state index in [2.05, 4.69) is 5.32 Å². The molecule has 0 saturated carbocycles. The van der Waals surface area contributed by atoms with Gasteiger partial charge in [0.15, 0.2) is 0 Å². The van der Waals surface area contributed by atoms with E-state index < -0.39 is 34.1 Å². The molecule has 1 N–H and O–H groups in total. The first-order valence-electron chi connectivity index (χ1n) is 10.9.